The summed E-state index contributed by atoms with van der Waals surface area (Å²) in [6.07, 6.45) is 0.162. The maximum atomic E-state index is 9.34. The van der Waals surface area contributed by atoms with Crippen LogP contribution in [0, 0.1) is 18.3 Å². The number of ether oxygens (including phenoxy) is 2. The first kappa shape index (κ1) is 16.3. The molecular formula is C18H21N3O3. The van der Waals surface area contributed by atoms with Crippen LogP contribution in [0.2, 0.25) is 0 Å². The van der Waals surface area contributed by atoms with Crippen molar-refractivity contribution in [1.29, 1.82) is 5.26 Å². The molecule has 126 valence electrons. The van der Waals surface area contributed by atoms with Crippen LogP contribution in [0.3, 0.4) is 0 Å². The van der Waals surface area contributed by atoms with Crippen LogP contribution in [-0.2, 0) is 11.3 Å². The molecule has 2 heterocycles. The Balaban J connectivity index is 1.74. The summed E-state index contributed by atoms with van der Waals surface area (Å²) < 4.78 is 17.2. The van der Waals surface area contributed by atoms with Crippen molar-refractivity contribution >= 4 is 5.88 Å². The number of morpholine rings is 1. The highest BCUT2D eigenvalue weighted by molar-refractivity contribution is 5.48. The summed E-state index contributed by atoms with van der Waals surface area (Å²) >= 11 is 0. The van der Waals surface area contributed by atoms with Crippen LogP contribution in [-0.4, -0.2) is 30.3 Å². The number of benzene rings is 1. The summed E-state index contributed by atoms with van der Waals surface area (Å²) in [4.78, 5) is 6.27. The van der Waals surface area contributed by atoms with E-state index in [0.717, 1.165) is 11.3 Å². The highest BCUT2D eigenvalue weighted by Crippen LogP contribution is 2.26. The highest BCUT2D eigenvalue weighted by atomic mass is 16.5. The van der Waals surface area contributed by atoms with Crippen LogP contribution in [0.4, 0.5) is 5.88 Å². The molecule has 0 spiro atoms. The molecule has 1 aliphatic heterocycles. The van der Waals surface area contributed by atoms with Gasteiger partial charge in [0.05, 0.1) is 12.2 Å². The van der Waals surface area contributed by atoms with Gasteiger partial charge in [-0.15, -0.1) is 0 Å². The van der Waals surface area contributed by atoms with Gasteiger partial charge < -0.3 is 18.8 Å². The Bertz CT molecular complexity index is 740. The minimum Gasteiger partial charge on any atom is -0.484 e. The molecule has 0 amide bonds. The van der Waals surface area contributed by atoms with E-state index in [-0.39, 0.29) is 18.8 Å². The molecular weight excluding hydrogens is 306 g/mol. The zero-order valence-electron chi connectivity index (χ0n) is 14.2. The first-order chi connectivity index (χ1) is 11.5. The molecule has 0 radical (unpaired) electrons. The van der Waals surface area contributed by atoms with Crippen molar-refractivity contribution in [2.75, 3.05) is 18.0 Å². The van der Waals surface area contributed by atoms with Gasteiger partial charge in [0.2, 0.25) is 17.5 Å². The molecule has 3 rings (SSSR count). The van der Waals surface area contributed by atoms with E-state index in [1.807, 2.05) is 49.9 Å². The van der Waals surface area contributed by atoms with Crippen LogP contribution in [0.1, 0.15) is 31.0 Å². The van der Waals surface area contributed by atoms with E-state index in [0.29, 0.717) is 30.6 Å². The Labute approximate surface area is 141 Å². The molecule has 6 nitrogen and oxygen atoms in total. The van der Waals surface area contributed by atoms with Crippen LogP contribution in [0.5, 0.6) is 5.75 Å². The molecule has 2 aromatic rings. The number of rotatable bonds is 4. The maximum absolute atomic E-state index is 9.34. The average Bonchev–Trinajstić information content (AvgIpc) is 2.95. The number of oxazole rings is 1. The van der Waals surface area contributed by atoms with Gasteiger partial charge in [-0.1, -0.05) is 12.1 Å². The van der Waals surface area contributed by atoms with E-state index in [1.54, 1.807) is 0 Å². The Hall–Kier alpha value is -2.52. The maximum Gasteiger partial charge on any atom is 0.236 e. The van der Waals surface area contributed by atoms with Crippen molar-refractivity contribution in [2.45, 2.75) is 39.6 Å². The molecule has 0 N–H and O–H groups in total. The zero-order valence-corrected chi connectivity index (χ0v) is 14.2. The smallest absolute Gasteiger partial charge is 0.236 e. The molecule has 0 bridgehead atoms. The first-order valence-electron chi connectivity index (χ1n) is 8.05. The predicted molar refractivity (Wildman–Crippen MR) is 89.0 cm³/mol. The van der Waals surface area contributed by atoms with Crippen LogP contribution >= 0.6 is 0 Å². The Morgan fingerprint density at radius 2 is 2.08 bits per heavy atom. The van der Waals surface area contributed by atoms with E-state index < -0.39 is 0 Å². The number of aryl methyl sites for hydroxylation is 1. The lowest BCUT2D eigenvalue weighted by Crippen LogP contribution is -2.45. The number of hydrogen-bond acceptors (Lipinski definition) is 6. The predicted octanol–water partition coefficient (Wildman–Crippen LogP) is 3.05. The molecule has 0 aliphatic carbocycles. The number of aromatic nitrogens is 1. The van der Waals surface area contributed by atoms with Gasteiger partial charge in [0.1, 0.15) is 11.8 Å². The standard InChI is InChI=1S/C18H21N3O3/c1-12-5-4-6-15(7-12)22-11-17-20-16(8-19)18(24-17)21-9-13(2)23-14(3)10-21/h4-7,13-14H,9-11H2,1-3H3/t13-,14-/m1/s1. The SMILES string of the molecule is Cc1cccc(OCc2nc(C#N)c(N3C[C@@H](C)O[C@H](C)C3)o2)c1. The van der Waals surface area contributed by atoms with Crippen molar-refractivity contribution in [2.24, 2.45) is 0 Å². The fraction of sp³-hybridized carbons (Fsp3) is 0.444. The van der Waals surface area contributed by atoms with Crippen molar-refractivity contribution in [3.05, 3.63) is 41.4 Å². The van der Waals surface area contributed by atoms with Crippen molar-refractivity contribution in [1.82, 2.24) is 4.98 Å². The highest BCUT2D eigenvalue weighted by Gasteiger charge is 2.28. The quantitative estimate of drug-likeness (QED) is 0.859. The summed E-state index contributed by atoms with van der Waals surface area (Å²) in [6.45, 7) is 7.55. The molecule has 1 aliphatic rings. The number of nitriles is 1. The molecule has 1 saturated heterocycles. The van der Waals surface area contributed by atoms with Crippen LogP contribution < -0.4 is 9.64 Å². The summed E-state index contributed by atoms with van der Waals surface area (Å²) in [5.74, 6) is 1.65. The minimum absolute atomic E-state index is 0.0809. The number of nitrogens with zero attached hydrogens (tertiary/aromatic N) is 3. The molecule has 6 heteroatoms. The monoisotopic (exact) mass is 327 g/mol. The van der Waals surface area contributed by atoms with Crippen molar-refractivity contribution in [3.63, 3.8) is 0 Å². The second-order valence-electron chi connectivity index (χ2n) is 6.14. The van der Waals surface area contributed by atoms with Gasteiger partial charge >= 0.3 is 0 Å². The second kappa shape index (κ2) is 6.93. The molecule has 1 aromatic heterocycles. The number of hydrogen-bond donors (Lipinski definition) is 0. The van der Waals surface area contributed by atoms with E-state index in [1.165, 1.54) is 0 Å². The molecule has 2 atom stereocenters. The second-order valence-corrected chi connectivity index (χ2v) is 6.14. The topological polar surface area (TPSA) is 71.5 Å². The third kappa shape index (κ3) is 3.69. The fourth-order valence-corrected chi connectivity index (χ4v) is 2.90. The van der Waals surface area contributed by atoms with E-state index in [4.69, 9.17) is 13.9 Å². The van der Waals surface area contributed by atoms with Crippen molar-refractivity contribution in [3.8, 4) is 11.8 Å². The first-order valence-corrected chi connectivity index (χ1v) is 8.05. The minimum atomic E-state index is 0.0809. The molecule has 1 fully saturated rings. The molecule has 1 aromatic carbocycles. The van der Waals surface area contributed by atoms with Gasteiger partial charge in [-0.2, -0.15) is 10.2 Å². The lowest BCUT2D eigenvalue weighted by atomic mass is 10.2. The lowest BCUT2D eigenvalue weighted by Gasteiger charge is -2.34. The van der Waals surface area contributed by atoms with Crippen LogP contribution in [0.15, 0.2) is 28.7 Å². The zero-order chi connectivity index (χ0) is 17.1. The summed E-state index contributed by atoms with van der Waals surface area (Å²) in [6, 6.07) is 9.87. The number of anilines is 1. The fourth-order valence-electron chi connectivity index (χ4n) is 2.90. The molecule has 24 heavy (non-hydrogen) atoms. The van der Waals surface area contributed by atoms with Gasteiger partial charge in [0, 0.05) is 13.1 Å². The third-order valence-corrected chi connectivity index (χ3v) is 3.82. The molecule has 0 unspecified atom stereocenters. The van der Waals surface area contributed by atoms with Gasteiger partial charge in [-0.25, -0.2) is 0 Å². The largest absolute Gasteiger partial charge is 0.484 e. The normalized spacial score (nSPS) is 20.7. The van der Waals surface area contributed by atoms with Gasteiger partial charge in [-0.05, 0) is 38.5 Å². The van der Waals surface area contributed by atoms with Gasteiger partial charge in [0.25, 0.3) is 0 Å². The van der Waals surface area contributed by atoms with Crippen LogP contribution in [0.25, 0.3) is 0 Å². The van der Waals surface area contributed by atoms with E-state index in [9.17, 15) is 5.26 Å². The van der Waals surface area contributed by atoms with E-state index >= 15 is 0 Å². The van der Waals surface area contributed by atoms with Gasteiger partial charge in [0.15, 0.2) is 6.61 Å². The van der Waals surface area contributed by atoms with Gasteiger partial charge in [-0.3, -0.25) is 0 Å². The lowest BCUT2D eigenvalue weighted by molar-refractivity contribution is -0.00651. The summed E-state index contributed by atoms with van der Waals surface area (Å²) in [7, 11) is 0. The Kier molecular flexibility index (Phi) is 4.72. The molecule has 0 saturated carbocycles. The summed E-state index contributed by atoms with van der Waals surface area (Å²) in [5.41, 5.74) is 1.41. The Morgan fingerprint density at radius 1 is 1.33 bits per heavy atom. The van der Waals surface area contributed by atoms with Crippen molar-refractivity contribution < 1.29 is 13.9 Å². The third-order valence-electron chi connectivity index (χ3n) is 3.82. The van der Waals surface area contributed by atoms with E-state index in [2.05, 4.69) is 11.1 Å². The Morgan fingerprint density at radius 3 is 2.75 bits per heavy atom. The average molecular weight is 327 g/mol. The summed E-state index contributed by atoms with van der Waals surface area (Å²) in [5, 5.41) is 9.34.